The van der Waals surface area contributed by atoms with E-state index in [9.17, 15) is 23.9 Å². The van der Waals surface area contributed by atoms with Gasteiger partial charge in [-0.2, -0.15) is 0 Å². The van der Waals surface area contributed by atoms with Gasteiger partial charge >= 0.3 is 71.1 Å². The second kappa shape index (κ2) is 27.3. The van der Waals surface area contributed by atoms with Crippen molar-refractivity contribution in [3.63, 3.8) is 0 Å². The van der Waals surface area contributed by atoms with Crippen LogP contribution in [-0.2, 0) is 28.2 Å². The van der Waals surface area contributed by atoms with E-state index in [2.05, 4.69) is 45.8 Å². The van der Waals surface area contributed by atoms with Crippen LogP contribution in [0.25, 0.3) is 0 Å². The number of ether oxygens (including phenoxy) is 2. The Kier molecular flexibility index (Phi) is 32.8. The topological polar surface area (TPSA) is 160 Å². The van der Waals surface area contributed by atoms with Crippen LogP contribution in [0.3, 0.4) is 0 Å². The van der Waals surface area contributed by atoms with Crippen molar-refractivity contribution in [2.45, 2.75) is 84.3 Å². The molecule has 0 aliphatic rings. The average molecular weight is 526 g/mol. The first-order valence-corrected chi connectivity index (χ1v) is 11.7. The third-order valence-corrected chi connectivity index (χ3v) is 4.31. The molecular weight excluding hydrogens is 483 g/mol. The van der Waals surface area contributed by atoms with E-state index < -0.39 is 32.7 Å². The average Bonchev–Trinajstić information content (AvgIpc) is 2.69. The molecule has 0 aliphatic carbocycles. The van der Waals surface area contributed by atoms with Crippen LogP contribution in [0, 0.1) is 35.5 Å². The van der Waals surface area contributed by atoms with Gasteiger partial charge in [-0.1, -0.05) is 64.2 Å². The summed E-state index contributed by atoms with van der Waals surface area (Å²) in [4.78, 5) is 45.0. The van der Waals surface area contributed by atoms with Crippen LogP contribution in [-0.4, -0.2) is 24.8 Å². The first-order valence-electron chi connectivity index (χ1n) is 10.3. The fraction of sp³-hybridized carbons (Fsp3) is 0.636. The normalized spacial score (nSPS) is 10.0. The molecule has 0 spiro atoms. The Labute approximate surface area is 255 Å². The number of hydrogen-bond donors (Lipinski definition) is 1. The Morgan fingerprint density at radius 1 is 0.912 bits per heavy atom. The van der Waals surface area contributed by atoms with Gasteiger partial charge in [0.1, 0.15) is 0 Å². The number of carbonyl (C=O) groups excluding carboxylic acids is 2. The molecule has 9 nitrogen and oxygen atoms in total. The summed E-state index contributed by atoms with van der Waals surface area (Å²) in [7, 11) is -5.47. The quantitative estimate of drug-likeness (QED) is 0.0467. The maximum absolute atomic E-state index is 11.9. The molecule has 0 aliphatic heterocycles. The van der Waals surface area contributed by atoms with Gasteiger partial charge in [-0.25, -0.2) is 4.79 Å². The molecule has 12 heteroatoms. The summed E-state index contributed by atoms with van der Waals surface area (Å²) in [6.07, 6.45) is 7.68. The monoisotopic (exact) mass is 525 g/mol. The minimum Gasteiger partial charge on any atom is -0.790 e. The van der Waals surface area contributed by atoms with Crippen LogP contribution in [0.5, 0.6) is 0 Å². The van der Waals surface area contributed by atoms with Gasteiger partial charge in [-0.15, -0.1) is 0 Å². The number of hydrogen-bond acceptors (Lipinski definition) is 9. The molecule has 1 atom stereocenters. The first kappa shape index (κ1) is 40.8. The molecule has 0 saturated heterocycles. The van der Waals surface area contributed by atoms with E-state index in [-0.39, 0.29) is 78.8 Å². The van der Waals surface area contributed by atoms with E-state index in [0.717, 1.165) is 25.7 Å². The first-order chi connectivity index (χ1) is 14.8. The molecule has 3 N–H and O–H groups in total. The number of phosphoric ester groups is 1. The molecule has 34 heavy (non-hydrogen) atoms. The van der Waals surface area contributed by atoms with Crippen LogP contribution in [0.1, 0.15) is 85.2 Å². The molecule has 0 fully saturated rings. The predicted octanol–water partition coefficient (Wildman–Crippen LogP) is -2.40. The third-order valence-electron chi connectivity index (χ3n) is 3.82. The molecule has 0 aromatic carbocycles. The van der Waals surface area contributed by atoms with Crippen molar-refractivity contribution in [2.24, 2.45) is 0 Å². The standard InChI is InChI=1S/C22H31O8P.H3N.2Na.5H2/c1-3-5-7-9-10-11-12-14-16-18-21(24)29-22(30-31(25,26)27)19-28-20(23)17-15-13-8-6-4-2;;;;;;;;/h22H,3,5,7,9-12,14,16,18-19H2,1-2H3,(H2,25,26,27);1H3;;;5*1H/q;;2*+1;;;;;/p-2/t22-;;;;;;;;/m1......../s1. The van der Waals surface area contributed by atoms with Gasteiger partial charge in [0.2, 0.25) is 6.29 Å². The van der Waals surface area contributed by atoms with E-state index in [1.807, 2.05) is 5.92 Å². The molecule has 0 bridgehead atoms. The summed E-state index contributed by atoms with van der Waals surface area (Å²) in [6.45, 7) is 2.95. The molecule has 0 radical (unpaired) electrons. The van der Waals surface area contributed by atoms with Crippen LogP contribution in [0.4, 0.5) is 0 Å². The number of rotatable bonds is 15. The molecule has 0 heterocycles. The molecule has 0 aromatic rings. The van der Waals surface area contributed by atoms with Crippen LogP contribution >= 0.6 is 7.82 Å². The fourth-order valence-corrected chi connectivity index (χ4v) is 2.79. The summed E-state index contributed by atoms with van der Waals surface area (Å²) in [5, 5.41) is 0. The summed E-state index contributed by atoms with van der Waals surface area (Å²) in [6, 6.07) is 0. The molecular formula is C22H42NNa2O8P. The van der Waals surface area contributed by atoms with Crippen LogP contribution in [0.15, 0.2) is 0 Å². The maximum atomic E-state index is 11.9. The van der Waals surface area contributed by atoms with E-state index in [4.69, 9.17) is 4.74 Å². The van der Waals surface area contributed by atoms with Gasteiger partial charge in [-0.3, -0.25) is 4.79 Å². The zero-order valence-corrected chi connectivity index (χ0v) is 25.7. The van der Waals surface area contributed by atoms with Crippen molar-refractivity contribution in [1.82, 2.24) is 6.15 Å². The van der Waals surface area contributed by atoms with Crippen LogP contribution in [0.2, 0.25) is 0 Å². The van der Waals surface area contributed by atoms with Gasteiger partial charge in [0.05, 0.1) is 7.82 Å². The molecule has 0 unspecified atom stereocenters. The minimum atomic E-state index is -5.47. The zero-order chi connectivity index (χ0) is 23.4. The van der Waals surface area contributed by atoms with Gasteiger partial charge in [0, 0.05) is 19.5 Å². The second-order valence-corrected chi connectivity index (χ2v) is 7.63. The second-order valence-electron chi connectivity index (χ2n) is 6.52. The Hall–Kier alpha value is -0.310. The smallest absolute Gasteiger partial charge is 0.790 e. The van der Waals surface area contributed by atoms with Gasteiger partial charge < -0.3 is 34.5 Å². The zero-order valence-electron chi connectivity index (χ0n) is 20.8. The van der Waals surface area contributed by atoms with E-state index in [0.29, 0.717) is 6.42 Å². The Bertz CT molecular complexity index is 805. The number of carbonyl (C=O) groups is 2. The van der Waals surface area contributed by atoms with Crippen LogP contribution < -0.4 is 75.1 Å². The van der Waals surface area contributed by atoms with Gasteiger partial charge in [0.25, 0.3) is 0 Å². The summed E-state index contributed by atoms with van der Waals surface area (Å²) in [5.74, 6) is 11.9. The predicted molar refractivity (Wildman–Crippen MR) is 126 cm³/mol. The third kappa shape index (κ3) is 29.7. The van der Waals surface area contributed by atoms with E-state index in [1.54, 1.807) is 6.92 Å². The molecule has 0 aromatic heterocycles. The largest absolute Gasteiger partial charge is 1.00 e. The fourth-order valence-electron chi connectivity index (χ4n) is 2.40. The Balaban J connectivity index is -0.000000161. The van der Waals surface area contributed by atoms with Crippen molar-refractivity contribution in [3.8, 4) is 35.5 Å². The van der Waals surface area contributed by atoms with Gasteiger partial charge in [0.15, 0.2) is 6.61 Å². The van der Waals surface area contributed by atoms with E-state index >= 15 is 0 Å². The number of unbranched alkanes of at least 4 members (excludes halogenated alkanes) is 8. The molecule has 0 amide bonds. The van der Waals surface area contributed by atoms with Crippen molar-refractivity contribution in [1.29, 1.82) is 0 Å². The van der Waals surface area contributed by atoms with Crippen molar-refractivity contribution >= 4 is 19.8 Å². The molecule has 0 rings (SSSR count). The summed E-state index contributed by atoms with van der Waals surface area (Å²) < 4.78 is 24.4. The maximum Gasteiger partial charge on any atom is 1.00 e. The summed E-state index contributed by atoms with van der Waals surface area (Å²) >= 11 is 0. The number of phosphoric acid groups is 1. The molecule has 190 valence electrons. The Morgan fingerprint density at radius 2 is 1.44 bits per heavy atom. The Morgan fingerprint density at radius 3 is 1.97 bits per heavy atom. The van der Waals surface area contributed by atoms with Gasteiger partial charge in [-0.05, 0) is 37.0 Å². The molecule has 0 saturated carbocycles. The minimum absolute atomic E-state index is 0. The van der Waals surface area contributed by atoms with Crippen molar-refractivity contribution in [3.05, 3.63) is 0 Å². The van der Waals surface area contributed by atoms with Crippen molar-refractivity contribution in [2.75, 3.05) is 6.61 Å². The van der Waals surface area contributed by atoms with Crippen molar-refractivity contribution < 1.29 is 104 Å². The number of esters is 2. The summed E-state index contributed by atoms with van der Waals surface area (Å²) in [5.41, 5.74) is 0. The SMILES string of the molecule is CC#CC#CC#CC(=O)OC[C@H](OC(=O)CCCCCCCCCCC)OP(=O)([O-])[O-].N.[HH].[HH].[HH].[HH].[HH].[Na+].[Na+]. The van der Waals surface area contributed by atoms with E-state index in [1.165, 1.54) is 25.7 Å².